The predicted octanol–water partition coefficient (Wildman–Crippen LogP) is 13.4. The van der Waals surface area contributed by atoms with Crippen LogP contribution in [-0.4, -0.2) is 68.5 Å². The van der Waals surface area contributed by atoms with E-state index in [9.17, 15) is 19.4 Å². The average molecular weight is 883 g/mol. The Bertz CT molecular complexity index is 1370. The number of likely N-dealkylation sites (N-methyl/N-ethyl adjacent to an activating group) is 1. The van der Waals surface area contributed by atoms with Crippen LogP contribution in [0.1, 0.15) is 168 Å². The minimum Gasteiger partial charge on any atom is -0.756 e. The van der Waals surface area contributed by atoms with Crippen LogP contribution >= 0.6 is 7.82 Å². The fraction of sp³-hybridized carbons (Fsp3) is 0.642. The maximum atomic E-state index is 12.8. The van der Waals surface area contributed by atoms with Crippen molar-refractivity contribution in [2.24, 2.45) is 0 Å². The second-order valence-electron chi connectivity index (χ2n) is 17.1. The summed E-state index contributed by atoms with van der Waals surface area (Å²) in [4.78, 5) is 25.3. The number of aliphatic hydroxyl groups is 1. The van der Waals surface area contributed by atoms with Gasteiger partial charge >= 0.3 is 0 Å². The molecule has 0 aromatic rings. The fourth-order valence-electron chi connectivity index (χ4n) is 6.17. The highest BCUT2D eigenvalue weighted by Gasteiger charge is 2.23. The first-order valence-electron chi connectivity index (χ1n) is 24.2. The van der Waals surface area contributed by atoms with Crippen LogP contribution < -0.4 is 10.2 Å². The lowest BCUT2D eigenvalue weighted by molar-refractivity contribution is -0.870. The van der Waals surface area contributed by atoms with Crippen LogP contribution in [0.2, 0.25) is 0 Å². The molecule has 2 N–H and O–H groups in total. The van der Waals surface area contributed by atoms with Gasteiger partial charge in [-0.2, -0.15) is 0 Å². The van der Waals surface area contributed by atoms with Gasteiger partial charge in [-0.05, 0) is 83.5 Å². The largest absolute Gasteiger partial charge is 0.756 e. The van der Waals surface area contributed by atoms with Gasteiger partial charge in [0.1, 0.15) is 13.2 Å². The molecule has 0 fully saturated rings. The van der Waals surface area contributed by atoms with Gasteiger partial charge in [0.25, 0.3) is 7.82 Å². The van der Waals surface area contributed by atoms with Crippen LogP contribution in [0.5, 0.6) is 0 Å². The smallest absolute Gasteiger partial charge is 0.268 e. The number of hydrogen-bond acceptors (Lipinski definition) is 6. The van der Waals surface area contributed by atoms with Gasteiger partial charge in [0.05, 0.1) is 39.9 Å². The molecule has 0 aromatic heterocycles. The molecule has 0 aliphatic heterocycles. The first kappa shape index (κ1) is 59.2. The van der Waals surface area contributed by atoms with Crippen LogP contribution in [0.25, 0.3) is 0 Å². The summed E-state index contributed by atoms with van der Waals surface area (Å²) in [6.07, 6.45) is 63.0. The number of hydrogen-bond donors (Lipinski definition) is 2. The number of carbonyl (C=O) groups is 1. The van der Waals surface area contributed by atoms with Crippen molar-refractivity contribution >= 4 is 13.7 Å². The van der Waals surface area contributed by atoms with E-state index in [4.69, 9.17) is 9.05 Å². The summed E-state index contributed by atoms with van der Waals surface area (Å²) in [5.74, 6) is -0.221. The summed E-state index contributed by atoms with van der Waals surface area (Å²) < 4.78 is 23.1. The zero-order valence-corrected chi connectivity index (χ0v) is 40.9. The quantitative estimate of drug-likeness (QED) is 0.0274. The molecule has 0 aromatic carbocycles. The van der Waals surface area contributed by atoms with Gasteiger partial charge < -0.3 is 28.8 Å². The average Bonchev–Trinajstić information content (AvgIpc) is 3.23. The highest BCUT2D eigenvalue weighted by molar-refractivity contribution is 7.45. The number of carbonyl (C=O) groups excluding carboxylic acids is 1. The number of phosphoric ester groups is 1. The zero-order valence-electron chi connectivity index (χ0n) is 40.0. The molecule has 0 rings (SSSR count). The maximum Gasteiger partial charge on any atom is 0.268 e. The van der Waals surface area contributed by atoms with Gasteiger partial charge in [-0.25, -0.2) is 0 Å². The lowest BCUT2D eigenvalue weighted by Crippen LogP contribution is -2.45. The number of quaternary nitrogens is 1. The van der Waals surface area contributed by atoms with E-state index >= 15 is 0 Å². The van der Waals surface area contributed by atoms with Crippen LogP contribution in [0, 0.1) is 0 Å². The molecule has 0 saturated carbocycles. The normalized spacial score (nSPS) is 15.1. The van der Waals surface area contributed by atoms with Crippen molar-refractivity contribution in [1.82, 2.24) is 5.32 Å². The molecule has 0 aliphatic carbocycles. The molecule has 1 amide bonds. The summed E-state index contributed by atoms with van der Waals surface area (Å²) in [5.41, 5.74) is 0. The second kappa shape index (κ2) is 43.4. The third-order valence-corrected chi connectivity index (χ3v) is 11.0. The van der Waals surface area contributed by atoms with E-state index in [2.05, 4.69) is 116 Å². The Morgan fingerprint density at radius 1 is 0.581 bits per heavy atom. The first-order chi connectivity index (χ1) is 30.0. The lowest BCUT2D eigenvalue weighted by Gasteiger charge is -2.29. The van der Waals surface area contributed by atoms with Gasteiger partial charge in [-0.1, -0.05) is 187 Å². The molecular formula is C53H91N2O6P. The molecule has 3 atom stereocenters. The number of unbranched alkanes of at least 4 members (excludes halogenated alkanes) is 13. The molecular weight excluding hydrogens is 792 g/mol. The minimum absolute atomic E-state index is 0.0106. The first-order valence-corrected chi connectivity index (χ1v) is 25.7. The van der Waals surface area contributed by atoms with Gasteiger partial charge in [0.2, 0.25) is 5.91 Å². The van der Waals surface area contributed by atoms with Crippen molar-refractivity contribution < 1.29 is 32.9 Å². The molecule has 354 valence electrons. The summed E-state index contributed by atoms with van der Waals surface area (Å²) in [7, 11) is 1.23. The number of nitrogens with one attached hydrogen (secondary N) is 1. The monoisotopic (exact) mass is 883 g/mol. The Kier molecular flexibility index (Phi) is 41.4. The maximum absolute atomic E-state index is 12.8. The standard InChI is InChI=1S/C53H91N2O6P/c1-6-8-10-12-14-16-17-18-19-20-21-22-23-24-25-26-27-28-29-30-31-32-33-34-35-36-37-39-41-43-45-47-53(57)54-51(50-61-62(58,59)60-49-48-55(3,4)5)52(56)46-44-42-40-38-15-13-11-9-7-2/h8,10,14,16,18-19,21-22,24-25,27-28,30-31,33-34,44,46,51-52,56H,6-7,9,11-13,15,17,20,23,26,29,32,35-43,45,47-50H2,1-5H3,(H-,54,57,58,59)/b10-8-,16-14-,19-18-,22-21-,25-24-,28-27-,31-30-,34-33-,46-44+. The van der Waals surface area contributed by atoms with Gasteiger partial charge in [0, 0.05) is 6.42 Å². The summed E-state index contributed by atoms with van der Waals surface area (Å²) in [6.45, 7) is 4.45. The highest BCUT2D eigenvalue weighted by Crippen LogP contribution is 2.38. The molecule has 62 heavy (non-hydrogen) atoms. The molecule has 8 nitrogen and oxygen atoms in total. The lowest BCUT2D eigenvalue weighted by atomic mass is 10.1. The second-order valence-corrected chi connectivity index (χ2v) is 18.5. The topological polar surface area (TPSA) is 108 Å². The van der Waals surface area contributed by atoms with Crippen LogP contribution in [-0.2, 0) is 18.4 Å². The molecule has 0 radical (unpaired) electrons. The number of rotatable bonds is 42. The van der Waals surface area contributed by atoms with Crippen LogP contribution in [0.15, 0.2) is 109 Å². The minimum atomic E-state index is -4.59. The zero-order chi connectivity index (χ0) is 45.7. The third kappa shape index (κ3) is 45.2. The van der Waals surface area contributed by atoms with Crippen molar-refractivity contribution in [3.8, 4) is 0 Å². The summed E-state index contributed by atoms with van der Waals surface area (Å²) in [5, 5.41) is 13.7. The van der Waals surface area contributed by atoms with E-state index in [1.54, 1.807) is 6.08 Å². The molecule has 3 unspecified atom stereocenters. The Balaban J connectivity index is 4.22. The van der Waals surface area contributed by atoms with Crippen molar-refractivity contribution in [2.45, 2.75) is 180 Å². The molecule has 0 heterocycles. The van der Waals surface area contributed by atoms with Crippen molar-refractivity contribution in [1.29, 1.82) is 0 Å². The Labute approximate surface area is 381 Å². The van der Waals surface area contributed by atoms with E-state index in [1.165, 1.54) is 32.1 Å². The number of allylic oxidation sites excluding steroid dienone is 17. The van der Waals surface area contributed by atoms with Gasteiger partial charge in [0.15, 0.2) is 0 Å². The van der Waals surface area contributed by atoms with Gasteiger partial charge in [-0.15, -0.1) is 0 Å². The number of phosphoric acid groups is 1. The van der Waals surface area contributed by atoms with Crippen molar-refractivity contribution in [3.05, 3.63) is 109 Å². The Morgan fingerprint density at radius 3 is 1.44 bits per heavy atom. The highest BCUT2D eigenvalue weighted by atomic mass is 31.2. The molecule has 0 aliphatic rings. The van der Waals surface area contributed by atoms with E-state index in [1.807, 2.05) is 27.2 Å². The molecule has 0 spiro atoms. The molecule has 0 bridgehead atoms. The SMILES string of the molecule is CC/C=C\C/C=C\C/C=C\C/C=C\C/C=C\C/C=C\C/C=C\C/C=C\CCCCCCCCC(=O)NC(COP(=O)([O-])OCC[N+](C)(C)C)C(O)/C=C/CCCCCCCCC. The van der Waals surface area contributed by atoms with Crippen molar-refractivity contribution in [2.75, 3.05) is 40.9 Å². The number of nitrogens with zero attached hydrogens (tertiary/aromatic N) is 1. The third-order valence-electron chi connectivity index (χ3n) is 9.99. The van der Waals surface area contributed by atoms with E-state index in [0.29, 0.717) is 17.4 Å². The Morgan fingerprint density at radius 2 is 0.984 bits per heavy atom. The van der Waals surface area contributed by atoms with E-state index < -0.39 is 26.6 Å². The van der Waals surface area contributed by atoms with Gasteiger partial charge in [-0.3, -0.25) is 9.36 Å². The number of aliphatic hydroxyl groups excluding tert-OH is 1. The van der Waals surface area contributed by atoms with E-state index in [0.717, 1.165) is 116 Å². The fourth-order valence-corrected chi connectivity index (χ4v) is 6.89. The molecule has 0 saturated heterocycles. The predicted molar refractivity (Wildman–Crippen MR) is 265 cm³/mol. The van der Waals surface area contributed by atoms with Crippen LogP contribution in [0.4, 0.5) is 0 Å². The van der Waals surface area contributed by atoms with E-state index in [-0.39, 0.29) is 12.5 Å². The molecule has 9 heteroatoms. The Hall–Kier alpha value is -2.84. The van der Waals surface area contributed by atoms with Crippen molar-refractivity contribution in [3.63, 3.8) is 0 Å². The summed E-state index contributed by atoms with van der Waals surface area (Å²) >= 11 is 0. The van der Waals surface area contributed by atoms with Crippen LogP contribution in [0.3, 0.4) is 0 Å². The summed E-state index contributed by atoms with van der Waals surface area (Å²) in [6, 6.07) is -0.900. The number of amides is 1.